The van der Waals surface area contributed by atoms with Crippen molar-refractivity contribution in [1.82, 2.24) is 4.90 Å². The number of nitrogens with one attached hydrogen (secondary N) is 1. The Morgan fingerprint density at radius 2 is 2.10 bits per heavy atom. The summed E-state index contributed by atoms with van der Waals surface area (Å²) >= 11 is 0. The van der Waals surface area contributed by atoms with E-state index in [2.05, 4.69) is 5.43 Å². The molecule has 5 heteroatoms. The van der Waals surface area contributed by atoms with Gasteiger partial charge in [0.1, 0.15) is 0 Å². The molecule has 3 rings (SSSR count). The van der Waals surface area contributed by atoms with E-state index in [9.17, 15) is 4.79 Å². The maximum absolute atomic E-state index is 12.8. The number of ether oxygens (including phenoxy) is 1. The maximum atomic E-state index is 12.8. The van der Waals surface area contributed by atoms with Crippen LogP contribution in [-0.2, 0) is 4.74 Å². The van der Waals surface area contributed by atoms with Crippen molar-refractivity contribution in [3.63, 3.8) is 0 Å². The van der Waals surface area contributed by atoms with Gasteiger partial charge in [-0.25, -0.2) is 0 Å². The van der Waals surface area contributed by atoms with E-state index in [4.69, 9.17) is 10.6 Å². The summed E-state index contributed by atoms with van der Waals surface area (Å²) in [6.45, 7) is 1.30. The first-order valence-corrected chi connectivity index (χ1v) is 7.29. The molecule has 0 spiro atoms. The molecule has 0 radical (unpaired) electrons. The van der Waals surface area contributed by atoms with Crippen LogP contribution in [0.15, 0.2) is 24.3 Å². The number of benzene rings is 1. The number of nitrogens with two attached hydrogens (primary N) is 1. The summed E-state index contributed by atoms with van der Waals surface area (Å²) in [6, 6.07) is 7.61. The Hall–Kier alpha value is -1.59. The van der Waals surface area contributed by atoms with Gasteiger partial charge in [-0.1, -0.05) is 25.0 Å². The van der Waals surface area contributed by atoms with Crippen LogP contribution >= 0.6 is 0 Å². The number of morpholine rings is 1. The highest BCUT2D eigenvalue weighted by atomic mass is 16.5. The zero-order valence-corrected chi connectivity index (χ0v) is 11.5. The lowest BCUT2D eigenvalue weighted by atomic mass is 9.89. The van der Waals surface area contributed by atoms with Crippen molar-refractivity contribution in [2.45, 2.75) is 37.8 Å². The number of hydrogen-bond donors (Lipinski definition) is 2. The van der Waals surface area contributed by atoms with Crippen molar-refractivity contribution in [2.24, 2.45) is 5.84 Å². The molecule has 1 aromatic carbocycles. The molecule has 20 heavy (non-hydrogen) atoms. The number of anilines is 1. The number of carbonyl (C=O) groups is 1. The molecule has 0 bridgehead atoms. The Bertz CT molecular complexity index is 490. The van der Waals surface area contributed by atoms with Crippen LogP contribution in [0.5, 0.6) is 0 Å². The maximum Gasteiger partial charge on any atom is 0.256 e. The van der Waals surface area contributed by atoms with E-state index in [1.165, 1.54) is 12.8 Å². The van der Waals surface area contributed by atoms with Gasteiger partial charge in [-0.2, -0.15) is 0 Å². The van der Waals surface area contributed by atoms with E-state index in [0.29, 0.717) is 24.4 Å². The average molecular weight is 275 g/mol. The van der Waals surface area contributed by atoms with Crippen LogP contribution < -0.4 is 11.3 Å². The van der Waals surface area contributed by atoms with Crippen LogP contribution in [0.2, 0.25) is 0 Å². The van der Waals surface area contributed by atoms with Gasteiger partial charge in [0.15, 0.2) is 0 Å². The van der Waals surface area contributed by atoms with Crippen molar-refractivity contribution < 1.29 is 9.53 Å². The Morgan fingerprint density at radius 1 is 1.30 bits per heavy atom. The van der Waals surface area contributed by atoms with Gasteiger partial charge in [0, 0.05) is 6.54 Å². The van der Waals surface area contributed by atoms with E-state index in [0.717, 1.165) is 12.8 Å². The molecule has 2 unspecified atom stereocenters. The van der Waals surface area contributed by atoms with Gasteiger partial charge in [0.05, 0.1) is 30.0 Å². The highest BCUT2D eigenvalue weighted by Gasteiger charge is 2.37. The third-order valence-electron chi connectivity index (χ3n) is 4.31. The SMILES string of the molecule is NNc1ccccc1C(=O)N1CCOC2CCCCC21. The second-order valence-electron chi connectivity index (χ2n) is 5.45. The first-order chi connectivity index (χ1) is 9.81. The fourth-order valence-electron chi connectivity index (χ4n) is 3.30. The molecule has 5 nitrogen and oxygen atoms in total. The van der Waals surface area contributed by atoms with Crippen molar-refractivity contribution in [3.8, 4) is 0 Å². The fraction of sp³-hybridized carbons (Fsp3) is 0.533. The molecule has 2 atom stereocenters. The smallest absolute Gasteiger partial charge is 0.256 e. The number of nitrogen functional groups attached to an aromatic ring is 1. The molecule has 1 heterocycles. The summed E-state index contributed by atoms with van der Waals surface area (Å²) in [4.78, 5) is 14.8. The van der Waals surface area contributed by atoms with Crippen LogP contribution in [0.1, 0.15) is 36.0 Å². The zero-order chi connectivity index (χ0) is 13.9. The van der Waals surface area contributed by atoms with E-state index in [-0.39, 0.29) is 18.1 Å². The lowest BCUT2D eigenvalue weighted by molar-refractivity contribution is -0.0752. The van der Waals surface area contributed by atoms with Crippen molar-refractivity contribution in [3.05, 3.63) is 29.8 Å². The molecule has 0 aromatic heterocycles. The molecule has 2 fully saturated rings. The second-order valence-corrected chi connectivity index (χ2v) is 5.45. The highest BCUT2D eigenvalue weighted by molar-refractivity contribution is 5.99. The van der Waals surface area contributed by atoms with Crippen molar-refractivity contribution >= 4 is 11.6 Å². The molecule has 3 N–H and O–H groups in total. The van der Waals surface area contributed by atoms with Crippen molar-refractivity contribution in [1.29, 1.82) is 0 Å². The first kappa shape index (κ1) is 13.4. The Balaban J connectivity index is 1.85. The molecule has 2 aliphatic rings. The number of amides is 1. The summed E-state index contributed by atoms with van der Waals surface area (Å²) in [5.41, 5.74) is 3.93. The minimum atomic E-state index is 0.0544. The molecule has 1 aliphatic heterocycles. The fourth-order valence-corrected chi connectivity index (χ4v) is 3.30. The third kappa shape index (κ3) is 2.39. The van der Waals surface area contributed by atoms with Gasteiger partial charge < -0.3 is 15.1 Å². The molecule has 1 aromatic rings. The standard InChI is InChI=1S/C15H21N3O2/c16-17-12-6-2-1-5-11(12)15(19)18-9-10-20-14-8-4-3-7-13(14)18/h1-2,5-6,13-14,17H,3-4,7-10,16H2. The van der Waals surface area contributed by atoms with E-state index < -0.39 is 0 Å². The molecular formula is C15H21N3O2. The first-order valence-electron chi connectivity index (χ1n) is 7.29. The minimum Gasteiger partial charge on any atom is -0.374 e. The van der Waals surface area contributed by atoms with Gasteiger partial charge in [0.2, 0.25) is 0 Å². The largest absolute Gasteiger partial charge is 0.374 e. The Kier molecular flexibility index (Phi) is 3.89. The van der Waals surface area contributed by atoms with Gasteiger partial charge in [0.25, 0.3) is 5.91 Å². The summed E-state index contributed by atoms with van der Waals surface area (Å²) in [5.74, 6) is 5.56. The van der Waals surface area contributed by atoms with Gasteiger partial charge in [-0.15, -0.1) is 0 Å². The highest BCUT2D eigenvalue weighted by Crippen LogP contribution is 2.30. The lowest BCUT2D eigenvalue weighted by Gasteiger charge is -2.44. The Labute approximate surface area is 119 Å². The average Bonchev–Trinajstić information content (AvgIpc) is 2.53. The minimum absolute atomic E-state index is 0.0544. The molecule has 1 aliphatic carbocycles. The molecule has 1 saturated heterocycles. The quantitative estimate of drug-likeness (QED) is 0.637. The molecule has 1 amide bonds. The number of carbonyl (C=O) groups excluding carboxylic acids is 1. The predicted octanol–water partition coefficient (Wildman–Crippen LogP) is 1.76. The van der Waals surface area contributed by atoms with Crippen LogP contribution in [0, 0.1) is 0 Å². The van der Waals surface area contributed by atoms with Crippen molar-refractivity contribution in [2.75, 3.05) is 18.6 Å². The number of hydrogen-bond acceptors (Lipinski definition) is 4. The molecule has 108 valence electrons. The molecule has 1 saturated carbocycles. The van der Waals surface area contributed by atoms with E-state index >= 15 is 0 Å². The van der Waals surface area contributed by atoms with Crippen LogP contribution in [0.4, 0.5) is 5.69 Å². The van der Waals surface area contributed by atoms with E-state index in [1.807, 2.05) is 29.2 Å². The van der Waals surface area contributed by atoms with Crippen LogP contribution in [-0.4, -0.2) is 36.1 Å². The monoisotopic (exact) mass is 275 g/mol. The lowest BCUT2D eigenvalue weighted by Crippen LogP contribution is -2.54. The summed E-state index contributed by atoms with van der Waals surface area (Å²) in [6.07, 6.45) is 4.68. The normalized spacial score (nSPS) is 25.9. The number of nitrogens with zero attached hydrogens (tertiary/aromatic N) is 1. The summed E-state index contributed by atoms with van der Waals surface area (Å²) in [5, 5.41) is 0. The van der Waals surface area contributed by atoms with Crippen LogP contribution in [0.3, 0.4) is 0 Å². The van der Waals surface area contributed by atoms with Gasteiger partial charge in [-0.3, -0.25) is 10.6 Å². The summed E-state index contributed by atoms with van der Waals surface area (Å²) < 4.78 is 5.82. The molecular weight excluding hydrogens is 254 g/mol. The summed E-state index contributed by atoms with van der Waals surface area (Å²) in [7, 11) is 0. The second kappa shape index (κ2) is 5.81. The van der Waals surface area contributed by atoms with Gasteiger partial charge >= 0.3 is 0 Å². The number of fused-ring (bicyclic) bond motifs is 1. The topological polar surface area (TPSA) is 67.6 Å². The Morgan fingerprint density at radius 3 is 2.95 bits per heavy atom. The van der Waals surface area contributed by atoms with E-state index in [1.54, 1.807) is 0 Å². The number of hydrazine groups is 1. The number of para-hydroxylation sites is 1. The predicted molar refractivity (Wildman–Crippen MR) is 77.3 cm³/mol. The van der Waals surface area contributed by atoms with Gasteiger partial charge in [-0.05, 0) is 25.0 Å². The van der Waals surface area contributed by atoms with Crippen LogP contribution in [0.25, 0.3) is 0 Å². The number of rotatable bonds is 2. The third-order valence-corrected chi connectivity index (χ3v) is 4.31. The zero-order valence-electron chi connectivity index (χ0n) is 11.5.